The number of nitrogens with zero attached hydrogens (tertiary/aromatic N) is 12. The van der Waals surface area contributed by atoms with Gasteiger partial charge >= 0.3 is 0 Å². The highest BCUT2D eigenvalue weighted by molar-refractivity contribution is 6.06. The molecular weight excluding hydrogens is 975 g/mol. The van der Waals surface area contributed by atoms with Crippen LogP contribution in [0.25, 0.3) is 21.9 Å². The molecule has 24 heteroatoms. The Kier molecular flexibility index (Phi) is 15.6. The normalized spacial score (nSPS) is 14.2. The van der Waals surface area contributed by atoms with Gasteiger partial charge in [-0.15, -0.1) is 10.2 Å². The van der Waals surface area contributed by atoms with Gasteiger partial charge in [-0.3, -0.25) is 38.7 Å². The molecule has 7 heterocycles. The van der Waals surface area contributed by atoms with E-state index in [1.165, 1.54) is 13.2 Å². The summed E-state index contributed by atoms with van der Waals surface area (Å²) in [6.45, 7) is 13.7. The predicted molar refractivity (Wildman–Crippen MR) is 283 cm³/mol. The van der Waals surface area contributed by atoms with Gasteiger partial charge in [-0.1, -0.05) is 12.2 Å². The van der Waals surface area contributed by atoms with E-state index in [4.69, 9.17) is 25.9 Å². The highest BCUT2D eigenvalue weighted by Gasteiger charge is 2.30. The van der Waals surface area contributed by atoms with Gasteiger partial charge in [-0.2, -0.15) is 10.2 Å². The van der Waals surface area contributed by atoms with E-state index >= 15 is 0 Å². The highest BCUT2D eigenvalue weighted by atomic mass is 16.5. The SMILES string of the molecule is CCn1nc(C)cc1C(=O)Nc1cc2cc(C(N)=O)cc(OCCCN3CCC(c4nnc5n4CCN(C(=O)CNC)C5)CC3)c2n1C/C=C/Cn1c(NC(=O)c2cc(C)nn2CC)nc2cc(C(N)=O)cc(OC)c21. The van der Waals surface area contributed by atoms with E-state index in [-0.39, 0.29) is 47.9 Å². The number of aromatic nitrogens is 10. The number of amides is 5. The lowest BCUT2D eigenvalue weighted by molar-refractivity contribution is -0.131. The number of nitrogens with two attached hydrogens (primary N) is 2. The minimum absolute atomic E-state index is 0.0534. The van der Waals surface area contributed by atoms with Gasteiger partial charge in [-0.05, 0) is 110 Å². The summed E-state index contributed by atoms with van der Waals surface area (Å²) in [4.78, 5) is 74.5. The van der Waals surface area contributed by atoms with Crippen LogP contribution in [-0.4, -0.2) is 141 Å². The average molecular weight is 1040 g/mol. The van der Waals surface area contributed by atoms with Crippen LogP contribution in [0.2, 0.25) is 0 Å². The number of carbonyl (C=O) groups excluding carboxylic acids is 5. The summed E-state index contributed by atoms with van der Waals surface area (Å²) >= 11 is 0. The Morgan fingerprint density at radius 1 is 0.763 bits per heavy atom. The minimum Gasteiger partial charge on any atom is -0.494 e. The zero-order chi connectivity index (χ0) is 53.8. The topological polar surface area (TPSA) is 288 Å². The number of nitrogens with one attached hydrogen (secondary N) is 3. The summed E-state index contributed by atoms with van der Waals surface area (Å²) in [7, 11) is 3.24. The van der Waals surface area contributed by atoms with Crippen LogP contribution in [0, 0.1) is 13.8 Å². The van der Waals surface area contributed by atoms with E-state index in [0.29, 0.717) is 114 Å². The standard InChI is InChI=1S/C52H65N17O7/c1-7-68-38(22-31(3)61-68)50(73)57-42-28-34-24-35(47(53)71)27-41(76-21-11-14-63-17-12-33(13-18-63)49-60-59-43-30-64(19-20-66(43)49)44(70)29-55-5)45(34)65(42)15-9-10-16-67-46-37(25-36(48(54)72)26-40(46)75-6)56-52(67)58-51(74)39-23-32(4)62-69(39)8-2/h9-10,22-28,33,55H,7-8,11-21,29-30H2,1-6H3,(H2,53,71)(H2,54,72)(H,57,73)(H,56,58,74)/b10-9+. The Morgan fingerprint density at radius 2 is 1.41 bits per heavy atom. The van der Waals surface area contributed by atoms with Gasteiger partial charge in [0.15, 0.2) is 5.82 Å². The van der Waals surface area contributed by atoms with E-state index in [2.05, 4.69) is 45.8 Å². The molecule has 9 rings (SSSR count). The number of benzene rings is 2. The fourth-order valence-electron chi connectivity index (χ4n) is 10.2. The van der Waals surface area contributed by atoms with Crippen molar-refractivity contribution in [1.82, 2.24) is 63.6 Å². The Bertz CT molecular complexity index is 3370. The number of likely N-dealkylation sites (tertiary alicyclic amines) is 1. The summed E-state index contributed by atoms with van der Waals surface area (Å²) < 4.78 is 21.4. The van der Waals surface area contributed by atoms with Gasteiger partial charge in [0.2, 0.25) is 23.7 Å². The largest absolute Gasteiger partial charge is 0.494 e. The van der Waals surface area contributed by atoms with Crippen molar-refractivity contribution in [3.05, 3.63) is 100 Å². The maximum absolute atomic E-state index is 14.0. The highest BCUT2D eigenvalue weighted by Crippen LogP contribution is 2.35. The van der Waals surface area contributed by atoms with E-state index in [0.717, 1.165) is 44.1 Å². The monoisotopic (exact) mass is 1040 g/mol. The number of hydrogen-bond donors (Lipinski definition) is 5. The second-order valence-corrected chi connectivity index (χ2v) is 19.0. The number of hydrogen-bond acceptors (Lipinski definition) is 14. The van der Waals surface area contributed by atoms with Crippen molar-refractivity contribution in [3.63, 3.8) is 0 Å². The van der Waals surface area contributed by atoms with Crippen molar-refractivity contribution in [2.24, 2.45) is 11.5 Å². The van der Waals surface area contributed by atoms with E-state index in [1.807, 2.05) is 49.3 Å². The molecule has 2 aromatic carbocycles. The molecule has 7 aromatic rings. The van der Waals surface area contributed by atoms with Gasteiger partial charge in [0, 0.05) is 68.2 Å². The molecule has 0 spiro atoms. The third-order valence-electron chi connectivity index (χ3n) is 13.9. The van der Waals surface area contributed by atoms with Crippen LogP contribution in [0.5, 0.6) is 11.5 Å². The molecule has 24 nitrogen and oxygen atoms in total. The molecule has 7 N–H and O–H groups in total. The number of fused-ring (bicyclic) bond motifs is 3. The number of anilines is 2. The first-order valence-electron chi connectivity index (χ1n) is 25.6. The molecule has 5 amide bonds. The van der Waals surface area contributed by atoms with Gasteiger partial charge in [0.05, 0.1) is 49.2 Å². The second-order valence-electron chi connectivity index (χ2n) is 19.0. The van der Waals surface area contributed by atoms with Crippen LogP contribution in [0.1, 0.15) is 104 Å². The number of carbonyl (C=O) groups is 5. The molecule has 0 unspecified atom stereocenters. The van der Waals surface area contributed by atoms with Crippen LogP contribution in [0.3, 0.4) is 0 Å². The van der Waals surface area contributed by atoms with E-state index < -0.39 is 17.7 Å². The number of rotatable bonds is 21. The summed E-state index contributed by atoms with van der Waals surface area (Å²) in [6, 6.07) is 11.6. The van der Waals surface area contributed by atoms with Crippen LogP contribution in [0.4, 0.5) is 11.8 Å². The molecular formula is C52H65N17O7. The fraction of sp³-hybridized carbons (Fsp3) is 0.423. The third-order valence-corrected chi connectivity index (χ3v) is 13.9. The number of imidazole rings is 1. The smallest absolute Gasteiger partial charge is 0.276 e. The zero-order valence-corrected chi connectivity index (χ0v) is 43.8. The molecule has 2 aliphatic heterocycles. The van der Waals surface area contributed by atoms with Gasteiger partial charge in [0.25, 0.3) is 11.8 Å². The lowest BCUT2D eigenvalue weighted by Gasteiger charge is -2.33. The lowest BCUT2D eigenvalue weighted by atomic mass is 9.95. The maximum atomic E-state index is 14.0. The van der Waals surface area contributed by atoms with Crippen molar-refractivity contribution in [2.45, 2.75) is 92.1 Å². The maximum Gasteiger partial charge on any atom is 0.276 e. The quantitative estimate of drug-likeness (QED) is 0.0506. The van der Waals surface area contributed by atoms with E-state index in [1.54, 1.807) is 57.4 Å². The molecule has 0 bridgehead atoms. The van der Waals surface area contributed by atoms with Crippen molar-refractivity contribution in [1.29, 1.82) is 0 Å². The molecule has 0 atom stereocenters. The Labute approximate surface area is 438 Å². The number of allylic oxidation sites excluding steroid dienone is 2. The lowest BCUT2D eigenvalue weighted by Crippen LogP contribution is -2.42. The number of likely N-dealkylation sites (N-methyl/N-ethyl adjacent to an activating group) is 1. The van der Waals surface area contributed by atoms with Crippen LogP contribution < -0.4 is 36.9 Å². The molecule has 1 fully saturated rings. The van der Waals surface area contributed by atoms with Crippen molar-refractivity contribution < 1.29 is 33.4 Å². The molecule has 1 saturated heterocycles. The number of ether oxygens (including phenoxy) is 2. The molecule has 0 saturated carbocycles. The summed E-state index contributed by atoms with van der Waals surface area (Å²) in [6.07, 6.45) is 6.33. The number of piperidine rings is 1. The first-order valence-corrected chi connectivity index (χ1v) is 25.6. The van der Waals surface area contributed by atoms with Gasteiger partial charge < -0.3 is 55.1 Å². The van der Waals surface area contributed by atoms with Crippen molar-refractivity contribution >= 4 is 63.2 Å². The van der Waals surface area contributed by atoms with Gasteiger partial charge in [0.1, 0.15) is 40.0 Å². The predicted octanol–water partition coefficient (Wildman–Crippen LogP) is 3.81. The zero-order valence-electron chi connectivity index (χ0n) is 43.8. The number of aryl methyl sites for hydroxylation is 4. The fourth-order valence-corrected chi connectivity index (χ4v) is 10.2. The molecule has 76 heavy (non-hydrogen) atoms. The Morgan fingerprint density at radius 3 is 2.05 bits per heavy atom. The summed E-state index contributed by atoms with van der Waals surface area (Å²) in [5, 5.41) is 27.6. The molecule has 2 aliphatic rings. The van der Waals surface area contributed by atoms with Crippen molar-refractivity contribution in [2.75, 3.05) is 64.1 Å². The summed E-state index contributed by atoms with van der Waals surface area (Å²) in [5.41, 5.74) is 15.6. The Balaban J connectivity index is 0.961. The van der Waals surface area contributed by atoms with Crippen LogP contribution in [-0.2, 0) is 44.1 Å². The van der Waals surface area contributed by atoms with Crippen LogP contribution in [0.15, 0.2) is 54.6 Å². The number of primary amides is 2. The molecule has 0 radical (unpaired) electrons. The van der Waals surface area contributed by atoms with Crippen molar-refractivity contribution in [3.8, 4) is 11.5 Å². The minimum atomic E-state index is -0.668. The second kappa shape index (κ2) is 22.6. The first kappa shape index (κ1) is 52.5. The first-order chi connectivity index (χ1) is 36.7. The molecule has 5 aromatic heterocycles. The van der Waals surface area contributed by atoms with Crippen LogP contribution >= 0.6 is 0 Å². The molecule has 0 aliphatic carbocycles. The Hall–Kier alpha value is -8.38. The average Bonchev–Trinajstić information content (AvgIpc) is 4.26. The number of methoxy groups -OCH3 is 1. The van der Waals surface area contributed by atoms with Gasteiger partial charge in [-0.25, -0.2) is 4.98 Å². The third kappa shape index (κ3) is 10.9. The summed E-state index contributed by atoms with van der Waals surface area (Å²) in [5.74, 6) is 1.38. The molecule has 400 valence electrons. The van der Waals surface area contributed by atoms with E-state index in [9.17, 15) is 24.0 Å².